The molecule has 0 amide bonds. The summed E-state index contributed by atoms with van der Waals surface area (Å²) >= 11 is 0. The first kappa shape index (κ1) is 10.5. The van der Waals surface area contributed by atoms with E-state index in [4.69, 9.17) is 0 Å². The second kappa shape index (κ2) is 4.60. The summed E-state index contributed by atoms with van der Waals surface area (Å²) in [5, 5.41) is 13.6. The maximum absolute atomic E-state index is 10.5. The van der Waals surface area contributed by atoms with Crippen LogP contribution in [0.15, 0.2) is 30.3 Å². The summed E-state index contributed by atoms with van der Waals surface area (Å²) in [4.78, 5) is 10.2. The van der Waals surface area contributed by atoms with Crippen LogP contribution in [-0.2, 0) is 0 Å². The van der Waals surface area contributed by atoms with E-state index in [2.05, 4.69) is 5.32 Å². The van der Waals surface area contributed by atoms with Crippen molar-refractivity contribution in [3.8, 4) is 0 Å². The molecule has 0 saturated heterocycles. The van der Waals surface area contributed by atoms with E-state index in [9.17, 15) is 10.1 Å². The Morgan fingerprint density at radius 1 is 1.29 bits per heavy atom. The number of para-hydroxylation sites is 1. The second-order valence-electron chi connectivity index (χ2n) is 3.32. The first-order chi connectivity index (χ1) is 6.61. The molecule has 4 heteroatoms. The van der Waals surface area contributed by atoms with Crippen LogP contribution >= 0.6 is 0 Å². The number of nitrogens with one attached hydrogen (secondary N) is 1. The van der Waals surface area contributed by atoms with Gasteiger partial charge in [-0.05, 0) is 19.1 Å². The average molecular weight is 194 g/mol. The largest absolute Gasteiger partial charge is 0.376 e. The molecule has 0 fully saturated rings. The Hall–Kier alpha value is -1.58. The van der Waals surface area contributed by atoms with Gasteiger partial charge in [0.15, 0.2) is 0 Å². The molecule has 0 spiro atoms. The summed E-state index contributed by atoms with van der Waals surface area (Å²) in [6.07, 6.45) is 0. The second-order valence-corrected chi connectivity index (χ2v) is 3.32. The number of benzene rings is 1. The lowest BCUT2D eigenvalue weighted by molar-refractivity contribution is -0.519. The third-order valence-electron chi connectivity index (χ3n) is 2.22. The molecule has 1 aromatic rings. The fraction of sp³-hybridized carbons (Fsp3) is 0.400. The number of hydrogen-bond acceptors (Lipinski definition) is 3. The lowest BCUT2D eigenvalue weighted by atomic mass is 10.1. The first-order valence-electron chi connectivity index (χ1n) is 4.56. The summed E-state index contributed by atoms with van der Waals surface area (Å²) < 4.78 is 0. The quantitative estimate of drug-likeness (QED) is 0.590. The zero-order valence-electron chi connectivity index (χ0n) is 8.31. The SMILES string of the molecule is CC(Nc1ccccc1)C(C)[N+](=O)[O-]. The van der Waals surface area contributed by atoms with E-state index in [0.29, 0.717) is 0 Å². The van der Waals surface area contributed by atoms with Crippen molar-refractivity contribution in [3.63, 3.8) is 0 Å². The summed E-state index contributed by atoms with van der Waals surface area (Å²) in [5.41, 5.74) is 0.911. The van der Waals surface area contributed by atoms with Crippen LogP contribution in [0.1, 0.15) is 13.8 Å². The van der Waals surface area contributed by atoms with Gasteiger partial charge in [-0.3, -0.25) is 10.1 Å². The van der Waals surface area contributed by atoms with Crippen molar-refractivity contribution in [1.29, 1.82) is 0 Å². The van der Waals surface area contributed by atoms with Crippen LogP contribution in [0.2, 0.25) is 0 Å². The molecule has 0 aliphatic rings. The number of nitro groups is 1. The van der Waals surface area contributed by atoms with Gasteiger partial charge < -0.3 is 5.32 Å². The van der Waals surface area contributed by atoms with Gasteiger partial charge in [-0.15, -0.1) is 0 Å². The van der Waals surface area contributed by atoms with Crippen molar-refractivity contribution in [1.82, 2.24) is 0 Å². The third-order valence-corrected chi connectivity index (χ3v) is 2.22. The van der Waals surface area contributed by atoms with Gasteiger partial charge in [-0.1, -0.05) is 18.2 Å². The summed E-state index contributed by atoms with van der Waals surface area (Å²) in [6.45, 7) is 3.40. The molecule has 4 nitrogen and oxygen atoms in total. The van der Waals surface area contributed by atoms with Gasteiger partial charge >= 0.3 is 0 Å². The monoisotopic (exact) mass is 194 g/mol. The molecular weight excluding hydrogens is 180 g/mol. The van der Waals surface area contributed by atoms with Crippen LogP contribution in [0.25, 0.3) is 0 Å². The molecule has 0 aliphatic carbocycles. The molecule has 1 rings (SSSR count). The van der Waals surface area contributed by atoms with Crippen LogP contribution < -0.4 is 5.32 Å². The van der Waals surface area contributed by atoms with Crippen molar-refractivity contribution in [2.75, 3.05) is 5.32 Å². The Morgan fingerprint density at radius 3 is 2.36 bits per heavy atom. The fourth-order valence-corrected chi connectivity index (χ4v) is 1.10. The van der Waals surface area contributed by atoms with Gasteiger partial charge in [0, 0.05) is 17.5 Å². The summed E-state index contributed by atoms with van der Waals surface area (Å²) in [6, 6.07) is 8.72. The molecule has 0 saturated carbocycles. The van der Waals surface area contributed by atoms with Crippen LogP contribution in [-0.4, -0.2) is 17.0 Å². The van der Waals surface area contributed by atoms with Gasteiger partial charge in [0.05, 0.1) is 6.04 Å². The topological polar surface area (TPSA) is 55.2 Å². The number of rotatable bonds is 4. The molecule has 0 radical (unpaired) electrons. The first-order valence-corrected chi connectivity index (χ1v) is 4.56. The molecule has 1 N–H and O–H groups in total. The molecule has 0 aliphatic heterocycles. The van der Waals surface area contributed by atoms with Crippen molar-refractivity contribution in [2.45, 2.75) is 25.9 Å². The van der Waals surface area contributed by atoms with Crippen molar-refractivity contribution in [2.24, 2.45) is 0 Å². The van der Waals surface area contributed by atoms with Gasteiger partial charge in [0.1, 0.15) is 0 Å². The van der Waals surface area contributed by atoms with E-state index in [1.54, 1.807) is 13.8 Å². The highest BCUT2D eigenvalue weighted by Crippen LogP contribution is 2.09. The van der Waals surface area contributed by atoms with E-state index in [1.165, 1.54) is 0 Å². The Kier molecular flexibility index (Phi) is 3.45. The normalized spacial score (nSPS) is 14.4. The highest BCUT2D eigenvalue weighted by atomic mass is 16.6. The van der Waals surface area contributed by atoms with Crippen LogP contribution in [0, 0.1) is 10.1 Å². The predicted octanol–water partition coefficient (Wildman–Crippen LogP) is 2.15. The minimum absolute atomic E-state index is 0.174. The molecule has 0 heterocycles. The number of nitrogens with zero attached hydrogens (tertiary/aromatic N) is 1. The van der Waals surface area contributed by atoms with Crippen LogP contribution in [0.5, 0.6) is 0 Å². The third kappa shape index (κ3) is 2.73. The molecule has 2 unspecified atom stereocenters. The van der Waals surface area contributed by atoms with E-state index in [0.717, 1.165) is 5.69 Å². The standard InChI is InChI=1S/C10H14N2O2/c1-8(9(2)12(13)14)11-10-6-4-3-5-7-10/h3-9,11H,1-2H3. The van der Waals surface area contributed by atoms with E-state index in [-0.39, 0.29) is 11.0 Å². The highest BCUT2D eigenvalue weighted by molar-refractivity contribution is 5.43. The van der Waals surface area contributed by atoms with Crippen molar-refractivity contribution < 1.29 is 4.92 Å². The Labute approximate surface area is 83.1 Å². The Morgan fingerprint density at radius 2 is 1.86 bits per heavy atom. The molecule has 1 aromatic carbocycles. The lowest BCUT2D eigenvalue weighted by Crippen LogP contribution is -2.34. The van der Waals surface area contributed by atoms with Gasteiger partial charge in [0.25, 0.3) is 0 Å². The van der Waals surface area contributed by atoms with E-state index < -0.39 is 6.04 Å². The molecule has 14 heavy (non-hydrogen) atoms. The maximum atomic E-state index is 10.5. The van der Waals surface area contributed by atoms with Gasteiger partial charge in [0.2, 0.25) is 6.04 Å². The maximum Gasteiger partial charge on any atom is 0.229 e. The smallest absolute Gasteiger partial charge is 0.229 e. The molecular formula is C10H14N2O2. The van der Waals surface area contributed by atoms with Crippen LogP contribution in [0.4, 0.5) is 5.69 Å². The molecule has 0 bridgehead atoms. The Balaban J connectivity index is 2.57. The van der Waals surface area contributed by atoms with E-state index >= 15 is 0 Å². The van der Waals surface area contributed by atoms with Crippen molar-refractivity contribution >= 4 is 5.69 Å². The number of hydrogen-bond donors (Lipinski definition) is 1. The predicted molar refractivity (Wildman–Crippen MR) is 56.0 cm³/mol. The zero-order chi connectivity index (χ0) is 10.6. The molecule has 0 aromatic heterocycles. The van der Waals surface area contributed by atoms with Crippen molar-refractivity contribution in [3.05, 3.63) is 40.4 Å². The number of anilines is 1. The average Bonchev–Trinajstić information content (AvgIpc) is 2.18. The van der Waals surface area contributed by atoms with Gasteiger partial charge in [-0.25, -0.2) is 0 Å². The van der Waals surface area contributed by atoms with E-state index in [1.807, 2.05) is 30.3 Å². The molecule has 76 valence electrons. The molecule has 2 atom stereocenters. The fourth-order valence-electron chi connectivity index (χ4n) is 1.10. The highest BCUT2D eigenvalue weighted by Gasteiger charge is 2.21. The summed E-state index contributed by atoms with van der Waals surface area (Å²) in [5.74, 6) is 0. The minimum Gasteiger partial charge on any atom is -0.376 e. The summed E-state index contributed by atoms with van der Waals surface area (Å²) in [7, 11) is 0. The lowest BCUT2D eigenvalue weighted by Gasteiger charge is -2.16. The van der Waals surface area contributed by atoms with Gasteiger partial charge in [-0.2, -0.15) is 0 Å². The minimum atomic E-state index is -0.588. The van der Waals surface area contributed by atoms with Crippen LogP contribution in [0.3, 0.4) is 0 Å². The Bertz CT molecular complexity index is 300. The zero-order valence-corrected chi connectivity index (χ0v) is 8.31.